The predicted molar refractivity (Wildman–Crippen MR) is 88.4 cm³/mol. The summed E-state index contributed by atoms with van der Waals surface area (Å²) in [5, 5.41) is 9.03. The van der Waals surface area contributed by atoms with Gasteiger partial charge < -0.3 is 14.4 Å². The largest absolute Gasteiger partial charge is 0.476 e. The number of hydrogen-bond donors (Lipinski definition) is 0. The molecular weight excluding hydrogens is 304 g/mol. The van der Waals surface area contributed by atoms with Gasteiger partial charge in [0.15, 0.2) is 0 Å². The molecule has 0 spiro atoms. The van der Waals surface area contributed by atoms with E-state index in [0.29, 0.717) is 37.6 Å². The molecule has 122 valence electrons. The van der Waals surface area contributed by atoms with Gasteiger partial charge in [0, 0.05) is 18.7 Å². The first kappa shape index (κ1) is 16.0. The van der Waals surface area contributed by atoms with E-state index in [0.717, 1.165) is 5.56 Å². The van der Waals surface area contributed by atoms with Gasteiger partial charge in [-0.25, -0.2) is 0 Å². The topological polar surface area (TPSA) is 62.6 Å². The van der Waals surface area contributed by atoms with Gasteiger partial charge in [-0.1, -0.05) is 36.4 Å². The van der Waals surface area contributed by atoms with Crippen LogP contribution in [0.2, 0.25) is 0 Å². The van der Waals surface area contributed by atoms with Gasteiger partial charge in [0.05, 0.1) is 24.8 Å². The zero-order valence-electron chi connectivity index (χ0n) is 13.2. The van der Waals surface area contributed by atoms with E-state index in [4.69, 9.17) is 14.7 Å². The fraction of sp³-hybridized carbons (Fsp3) is 0.263. The molecule has 24 heavy (non-hydrogen) atoms. The summed E-state index contributed by atoms with van der Waals surface area (Å²) in [5.41, 5.74) is 1.29. The third-order valence-electron chi connectivity index (χ3n) is 3.87. The van der Waals surface area contributed by atoms with E-state index in [-0.39, 0.29) is 5.91 Å². The van der Waals surface area contributed by atoms with Crippen molar-refractivity contribution in [3.63, 3.8) is 0 Å². The van der Waals surface area contributed by atoms with E-state index < -0.39 is 6.10 Å². The number of amides is 1. The lowest BCUT2D eigenvalue weighted by Crippen LogP contribution is -2.44. The van der Waals surface area contributed by atoms with Gasteiger partial charge in [-0.15, -0.1) is 0 Å². The van der Waals surface area contributed by atoms with Crippen LogP contribution in [-0.2, 0) is 9.53 Å². The van der Waals surface area contributed by atoms with Crippen molar-refractivity contribution in [1.82, 2.24) is 4.90 Å². The first-order valence-electron chi connectivity index (χ1n) is 7.86. The average molecular weight is 322 g/mol. The molecule has 1 atom stereocenters. The Balaban J connectivity index is 1.87. The Labute approximate surface area is 141 Å². The summed E-state index contributed by atoms with van der Waals surface area (Å²) in [5.74, 6) is 0.413. The first-order chi connectivity index (χ1) is 11.8. The van der Waals surface area contributed by atoms with Crippen LogP contribution < -0.4 is 4.74 Å². The summed E-state index contributed by atoms with van der Waals surface area (Å²) in [4.78, 5) is 14.7. The lowest BCUT2D eigenvalue weighted by Gasteiger charge is -2.30. The second-order valence-corrected chi connectivity index (χ2v) is 5.49. The van der Waals surface area contributed by atoms with Gasteiger partial charge in [0.1, 0.15) is 5.75 Å². The van der Waals surface area contributed by atoms with Crippen LogP contribution in [0.15, 0.2) is 54.6 Å². The Bertz CT molecular complexity index is 734. The van der Waals surface area contributed by atoms with Gasteiger partial charge in [-0.2, -0.15) is 5.26 Å². The molecule has 1 aliphatic rings. The Morgan fingerprint density at radius 1 is 1.12 bits per heavy atom. The van der Waals surface area contributed by atoms with Crippen molar-refractivity contribution in [1.29, 1.82) is 5.26 Å². The fourth-order valence-corrected chi connectivity index (χ4v) is 2.61. The van der Waals surface area contributed by atoms with Gasteiger partial charge in [-0.3, -0.25) is 4.79 Å². The molecule has 1 amide bonds. The second-order valence-electron chi connectivity index (χ2n) is 5.49. The normalized spacial score (nSPS) is 15.4. The molecule has 5 heteroatoms. The van der Waals surface area contributed by atoms with Crippen molar-refractivity contribution >= 4 is 5.91 Å². The lowest BCUT2D eigenvalue weighted by atomic mass is 10.1. The molecule has 0 saturated carbocycles. The molecule has 0 radical (unpaired) electrons. The first-order valence-corrected chi connectivity index (χ1v) is 7.86. The van der Waals surface area contributed by atoms with Crippen LogP contribution in [-0.4, -0.2) is 37.1 Å². The number of nitrogens with zero attached hydrogens (tertiary/aromatic N) is 2. The molecule has 0 bridgehead atoms. The van der Waals surface area contributed by atoms with Gasteiger partial charge in [0.25, 0.3) is 5.91 Å². The van der Waals surface area contributed by atoms with Gasteiger partial charge in [0.2, 0.25) is 6.10 Å². The number of benzene rings is 2. The van der Waals surface area contributed by atoms with Crippen LogP contribution >= 0.6 is 0 Å². The summed E-state index contributed by atoms with van der Waals surface area (Å²) in [6, 6.07) is 18.3. The molecule has 2 aromatic carbocycles. The highest BCUT2D eigenvalue weighted by Crippen LogP contribution is 2.25. The van der Waals surface area contributed by atoms with Crippen LogP contribution in [0.3, 0.4) is 0 Å². The molecule has 5 nitrogen and oxygen atoms in total. The summed E-state index contributed by atoms with van der Waals surface area (Å²) < 4.78 is 11.3. The fourth-order valence-electron chi connectivity index (χ4n) is 2.61. The Hall–Kier alpha value is -2.84. The number of morpholine rings is 1. The summed E-state index contributed by atoms with van der Waals surface area (Å²) in [6.07, 6.45) is -0.738. The minimum atomic E-state index is -0.738. The molecule has 3 rings (SSSR count). The smallest absolute Gasteiger partial charge is 0.268 e. The Morgan fingerprint density at radius 3 is 2.58 bits per heavy atom. The highest BCUT2D eigenvalue weighted by atomic mass is 16.5. The highest BCUT2D eigenvalue weighted by molar-refractivity contribution is 5.82. The third kappa shape index (κ3) is 3.73. The zero-order valence-corrected chi connectivity index (χ0v) is 13.2. The van der Waals surface area contributed by atoms with Crippen LogP contribution in [0.25, 0.3) is 0 Å². The average Bonchev–Trinajstić information content (AvgIpc) is 2.67. The van der Waals surface area contributed by atoms with Gasteiger partial charge >= 0.3 is 0 Å². The van der Waals surface area contributed by atoms with Crippen LogP contribution in [0.1, 0.15) is 17.2 Å². The van der Waals surface area contributed by atoms with Crippen molar-refractivity contribution in [3.05, 3.63) is 65.7 Å². The maximum atomic E-state index is 12.9. The van der Waals surface area contributed by atoms with Gasteiger partial charge in [-0.05, 0) is 18.2 Å². The van der Waals surface area contributed by atoms with Crippen LogP contribution in [0, 0.1) is 11.3 Å². The van der Waals surface area contributed by atoms with E-state index in [9.17, 15) is 4.79 Å². The highest BCUT2D eigenvalue weighted by Gasteiger charge is 2.29. The van der Waals surface area contributed by atoms with Crippen molar-refractivity contribution < 1.29 is 14.3 Å². The quantitative estimate of drug-likeness (QED) is 0.868. The molecule has 1 heterocycles. The molecule has 2 aromatic rings. The molecule has 1 fully saturated rings. The van der Waals surface area contributed by atoms with Crippen molar-refractivity contribution in [3.8, 4) is 11.8 Å². The molecule has 1 aliphatic heterocycles. The number of rotatable bonds is 4. The predicted octanol–water partition coefficient (Wildman–Crippen LogP) is 2.54. The molecule has 0 unspecified atom stereocenters. The maximum Gasteiger partial charge on any atom is 0.268 e. The molecule has 0 N–H and O–H groups in total. The number of ether oxygens (including phenoxy) is 2. The summed E-state index contributed by atoms with van der Waals surface area (Å²) in [7, 11) is 0. The summed E-state index contributed by atoms with van der Waals surface area (Å²) >= 11 is 0. The van der Waals surface area contributed by atoms with Crippen LogP contribution in [0.5, 0.6) is 5.75 Å². The van der Waals surface area contributed by atoms with Crippen LogP contribution in [0.4, 0.5) is 0 Å². The minimum Gasteiger partial charge on any atom is -0.476 e. The van der Waals surface area contributed by atoms with Crippen molar-refractivity contribution in [2.45, 2.75) is 6.10 Å². The van der Waals surface area contributed by atoms with Crippen molar-refractivity contribution in [2.24, 2.45) is 0 Å². The number of carbonyl (C=O) groups is 1. The molecule has 0 aromatic heterocycles. The SMILES string of the molecule is N#Cc1cccc(O[C@@H](C(=O)N2CCOCC2)c2ccccc2)c1. The van der Waals surface area contributed by atoms with Crippen molar-refractivity contribution in [2.75, 3.05) is 26.3 Å². The van der Waals surface area contributed by atoms with E-state index in [2.05, 4.69) is 6.07 Å². The summed E-state index contributed by atoms with van der Waals surface area (Å²) in [6.45, 7) is 2.20. The molecular formula is C19H18N2O3. The number of hydrogen-bond acceptors (Lipinski definition) is 4. The molecule has 1 saturated heterocycles. The third-order valence-corrected chi connectivity index (χ3v) is 3.87. The zero-order chi connectivity index (χ0) is 16.8. The lowest BCUT2D eigenvalue weighted by molar-refractivity contribution is -0.143. The standard InChI is InChI=1S/C19H18N2O3/c20-14-15-5-4-8-17(13-15)24-18(16-6-2-1-3-7-16)19(22)21-9-11-23-12-10-21/h1-8,13,18H,9-12H2/t18-/m1/s1. The monoisotopic (exact) mass is 322 g/mol. The number of nitriles is 1. The van der Waals surface area contributed by atoms with E-state index in [1.165, 1.54) is 0 Å². The number of carbonyl (C=O) groups excluding carboxylic acids is 1. The molecule has 0 aliphatic carbocycles. The Kier molecular flexibility index (Phi) is 5.09. The maximum absolute atomic E-state index is 12.9. The second kappa shape index (κ2) is 7.62. The van der Waals surface area contributed by atoms with E-state index >= 15 is 0 Å². The minimum absolute atomic E-state index is 0.0909. The Morgan fingerprint density at radius 2 is 1.88 bits per heavy atom. The van der Waals surface area contributed by atoms with E-state index in [1.807, 2.05) is 30.3 Å². The van der Waals surface area contributed by atoms with E-state index in [1.54, 1.807) is 29.2 Å².